The fourth-order valence-corrected chi connectivity index (χ4v) is 5.32. The maximum Gasteiger partial charge on any atom is 0.304 e. The van der Waals surface area contributed by atoms with Crippen LogP contribution in [0.1, 0.15) is 61.6 Å². The minimum atomic E-state index is -0.931. The van der Waals surface area contributed by atoms with Gasteiger partial charge in [-0.3, -0.25) is 9.59 Å². The molecule has 1 heterocycles. The number of amides is 1. The number of halogens is 2. The second-order valence-electron chi connectivity index (χ2n) is 8.72. The summed E-state index contributed by atoms with van der Waals surface area (Å²) in [5, 5.41) is 14.1. The topological polar surface area (TPSA) is 66.4 Å². The van der Waals surface area contributed by atoms with Gasteiger partial charge in [0.15, 0.2) is 0 Å². The van der Waals surface area contributed by atoms with Crippen molar-refractivity contribution in [3.05, 3.63) is 69.7 Å². The largest absolute Gasteiger partial charge is 0.481 e. The molecule has 0 unspecified atom stereocenters. The first kappa shape index (κ1) is 21.2. The van der Waals surface area contributed by atoms with Crippen LogP contribution in [-0.2, 0) is 9.59 Å². The number of hydrogen-bond donors (Lipinski definition) is 2. The third-order valence-corrected chi connectivity index (χ3v) is 7.17. The van der Waals surface area contributed by atoms with Crippen LogP contribution in [0.3, 0.4) is 0 Å². The molecule has 30 heavy (non-hydrogen) atoms. The van der Waals surface area contributed by atoms with E-state index in [2.05, 4.69) is 5.32 Å². The lowest BCUT2D eigenvalue weighted by atomic mass is 9.62. The zero-order valence-corrected chi connectivity index (χ0v) is 18.1. The molecular formula is C24H25Cl2NO3. The summed E-state index contributed by atoms with van der Waals surface area (Å²) in [5.74, 6) is -0.751. The number of aliphatic carboxylic acids is 1. The van der Waals surface area contributed by atoms with Crippen molar-refractivity contribution in [3.8, 4) is 0 Å². The maximum atomic E-state index is 13.4. The van der Waals surface area contributed by atoms with Crippen molar-refractivity contribution < 1.29 is 14.7 Å². The zero-order valence-electron chi connectivity index (χ0n) is 16.6. The quantitative estimate of drug-likeness (QED) is 0.573. The van der Waals surface area contributed by atoms with E-state index in [0.717, 1.165) is 30.4 Å². The highest BCUT2D eigenvalue weighted by molar-refractivity contribution is 6.30. The van der Waals surface area contributed by atoms with Crippen LogP contribution in [-0.4, -0.2) is 17.0 Å². The smallest absolute Gasteiger partial charge is 0.304 e. The number of nitrogens with one attached hydrogen (secondary N) is 1. The molecule has 1 saturated heterocycles. The fourth-order valence-electron chi connectivity index (χ4n) is 5.00. The van der Waals surface area contributed by atoms with Gasteiger partial charge in [0.25, 0.3) is 0 Å². The molecular weight excluding hydrogens is 421 g/mol. The highest BCUT2D eigenvalue weighted by atomic mass is 35.5. The predicted octanol–water partition coefficient (Wildman–Crippen LogP) is 5.99. The summed E-state index contributed by atoms with van der Waals surface area (Å²) < 4.78 is 0. The first-order valence-electron chi connectivity index (χ1n) is 10.4. The number of rotatable bonds is 6. The van der Waals surface area contributed by atoms with Crippen molar-refractivity contribution in [1.82, 2.24) is 5.32 Å². The summed E-state index contributed by atoms with van der Waals surface area (Å²) in [6.45, 7) is 0. The van der Waals surface area contributed by atoms with E-state index in [9.17, 15) is 14.7 Å². The van der Waals surface area contributed by atoms with Crippen molar-refractivity contribution in [3.63, 3.8) is 0 Å². The van der Waals surface area contributed by atoms with Crippen LogP contribution in [0.2, 0.25) is 10.0 Å². The Morgan fingerprint density at radius 1 is 1.07 bits per heavy atom. The van der Waals surface area contributed by atoms with Crippen molar-refractivity contribution in [1.29, 1.82) is 0 Å². The molecule has 0 spiro atoms. The van der Waals surface area contributed by atoms with Gasteiger partial charge in [-0.25, -0.2) is 0 Å². The van der Waals surface area contributed by atoms with E-state index in [1.54, 1.807) is 0 Å². The molecule has 2 fully saturated rings. The van der Waals surface area contributed by atoms with Crippen LogP contribution in [0.15, 0.2) is 48.5 Å². The molecule has 1 aliphatic carbocycles. The normalized spacial score (nSPS) is 26.7. The minimum Gasteiger partial charge on any atom is -0.481 e. The Bertz CT molecular complexity index is 942. The highest BCUT2D eigenvalue weighted by Crippen LogP contribution is 2.51. The van der Waals surface area contributed by atoms with Crippen LogP contribution < -0.4 is 5.32 Å². The van der Waals surface area contributed by atoms with Crippen LogP contribution in [0.5, 0.6) is 0 Å². The van der Waals surface area contributed by atoms with Gasteiger partial charge in [-0.1, -0.05) is 66.7 Å². The molecule has 6 heteroatoms. The molecule has 3 atom stereocenters. The van der Waals surface area contributed by atoms with Gasteiger partial charge in [-0.2, -0.15) is 0 Å². The van der Waals surface area contributed by atoms with E-state index in [1.807, 2.05) is 48.5 Å². The summed E-state index contributed by atoms with van der Waals surface area (Å²) in [6, 6.07) is 14.8. The Hall–Kier alpha value is -2.04. The lowest BCUT2D eigenvalue weighted by molar-refractivity contribution is -0.150. The zero-order chi connectivity index (χ0) is 21.3. The van der Waals surface area contributed by atoms with E-state index < -0.39 is 11.4 Å². The predicted molar refractivity (Wildman–Crippen MR) is 118 cm³/mol. The molecule has 1 aliphatic heterocycles. The van der Waals surface area contributed by atoms with E-state index in [1.165, 1.54) is 0 Å². The van der Waals surface area contributed by atoms with Crippen LogP contribution >= 0.6 is 23.2 Å². The second-order valence-corrected chi connectivity index (χ2v) is 9.59. The Morgan fingerprint density at radius 3 is 2.40 bits per heavy atom. The van der Waals surface area contributed by atoms with Crippen LogP contribution in [0.25, 0.3) is 0 Å². The third kappa shape index (κ3) is 4.35. The molecule has 0 aromatic heterocycles. The molecule has 1 saturated carbocycles. The van der Waals surface area contributed by atoms with Crippen LogP contribution in [0, 0.1) is 11.3 Å². The van der Waals surface area contributed by atoms with Gasteiger partial charge < -0.3 is 10.4 Å². The summed E-state index contributed by atoms with van der Waals surface area (Å²) in [5.41, 5.74) is 1.04. The SMILES string of the molecule is O=C(O)C[C@]1(CC2CCC2)C[C@H](c2cccc(Cl)c2)[C@@H](c2ccc(Cl)cc2)NC1=O. The van der Waals surface area contributed by atoms with Crippen molar-refractivity contribution in [2.45, 2.75) is 50.5 Å². The lowest BCUT2D eigenvalue weighted by Gasteiger charge is -2.46. The van der Waals surface area contributed by atoms with Gasteiger partial charge >= 0.3 is 5.97 Å². The van der Waals surface area contributed by atoms with E-state index >= 15 is 0 Å². The summed E-state index contributed by atoms with van der Waals surface area (Å²) in [4.78, 5) is 25.2. The number of carboxylic acid groups (broad SMARTS) is 1. The first-order valence-corrected chi connectivity index (χ1v) is 11.2. The number of piperidine rings is 1. The molecule has 2 aromatic carbocycles. The standard InChI is InChI=1S/C24H25Cl2NO3/c25-18-9-7-16(8-10-18)22-20(17-5-2-6-19(26)11-17)13-24(14-21(28)29,23(30)27-22)12-15-3-1-4-15/h2,5-11,15,20,22H,1,3-4,12-14H2,(H,27,30)(H,28,29)/t20-,22-,24+/m1/s1. The van der Waals surface area contributed by atoms with E-state index in [0.29, 0.717) is 28.8 Å². The Balaban J connectivity index is 1.75. The fraction of sp³-hybridized carbons (Fsp3) is 0.417. The summed E-state index contributed by atoms with van der Waals surface area (Å²) in [7, 11) is 0. The summed E-state index contributed by atoms with van der Waals surface area (Å²) >= 11 is 12.3. The number of carbonyl (C=O) groups excluding carboxylic acids is 1. The number of carbonyl (C=O) groups is 2. The average molecular weight is 446 g/mol. The Kier molecular flexibility index (Phi) is 6.08. The number of hydrogen-bond acceptors (Lipinski definition) is 2. The highest BCUT2D eigenvalue weighted by Gasteiger charge is 2.50. The number of carboxylic acids is 1. The minimum absolute atomic E-state index is 0.0815. The lowest BCUT2D eigenvalue weighted by Crippen LogP contribution is -2.52. The Labute approximate surface area is 186 Å². The molecule has 0 bridgehead atoms. The van der Waals surface area contributed by atoms with Gasteiger partial charge in [-0.15, -0.1) is 0 Å². The molecule has 2 N–H and O–H groups in total. The molecule has 1 amide bonds. The molecule has 0 radical (unpaired) electrons. The first-order chi connectivity index (χ1) is 14.4. The molecule has 2 aliphatic rings. The van der Waals surface area contributed by atoms with Gasteiger partial charge in [0.1, 0.15) is 0 Å². The van der Waals surface area contributed by atoms with Crippen molar-refractivity contribution >= 4 is 35.1 Å². The monoisotopic (exact) mass is 445 g/mol. The molecule has 2 aromatic rings. The second kappa shape index (κ2) is 8.60. The van der Waals surface area contributed by atoms with Gasteiger partial charge in [0, 0.05) is 16.0 Å². The van der Waals surface area contributed by atoms with Gasteiger partial charge in [-0.05, 0) is 54.2 Å². The number of benzene rings is 2. The van der Waals surface area contributed by atoms with E-state index in [-0.39, 0.29) is 24.3 Å². The van der Waals surface area contributed by atoms with Crippen molar-refractivity contribution in [2.75, 3.05) is 0 Å². The van der Waals surface area contributed by atoms with Crippen molar-refractivity contribution in [2.24, 2.45) is 11.3 Å². The molecule has 4 rings (SSSR count). The van der Waals surface area contributed by atoms with Gasteiger partial charge in [0.2, 0.25) is 5.91 Å². The summed E-state index contributed by atoms with van der Waals surface area (Å²) in [6.07, 6.45) is 4.24. The maximum absolute atomic E-state index is 13.4. The average Bonchev–Trinajstić information content (AvgIpc) is 2.67. The molecule has 4 nitrogen and oxygen atoms in total. The molecule has 158 valence electrons. The third-order valence-electron chi connectivity index (χ3n) is 6.68. The van der Waals surface area contributed by atoms with Gasteiger partial charge in [0.05, 0.1) is 17.9 Å². The van der Waals surface area contributed by atoms with E-state index in [4.69, 9.17) is 23.2 Å². The van der Waals surface area contributed by atoms with Crippen LogP contribution in [0.4, 0.5) is 0 Å². The Morgan fingerprint density at radius 2 is 1.80 bits per heavy atom.